The molecule has 2 amide bonds. The van der Waals surface area contributed by atoms with E-state index in [1.807, 2.05) is 13.8 Å². The smallest absolute Gasteiger partial charge is 0.247 e. The third kappa shape index (κ3) is 7.79. The Bertz CT molecular complexity index is 981. The maximum Gasteiger partial charge on any atom is 0.247 e. The van der Waals surface area contributed by atoms with Crippen LogP contribution in [0.4, 0.5) is 10.1 Å². The zero-order chi connectivity index (χ0) is 24.4. The van der Waals surface area contributed by atoms with Gasteiger partial charge >= 0.3 is 0 Å². The topological polar surface area (TPSA) is 84.7 Å². The van der Waals surface area contributed by atoms with Crippen LogP contribution in [0.5, 0.6) is 11.5 Å². The molecule has 1 fully saturated rings. The minimum Gasteiger partial charge on any atom is -0.457 e. The molecule has 1 saturated heterocycles. The van der Waals surface area contributed by atoms with Crippen molar-refractivity contribution in [3.05, 3.63) is 78.3 Å². The predicted molar refractivity (Wildman–Crippen MR) is 129 cm³/mol. The number of hydrogen-bond acceptors (Lipinski definition) is 4. The highest BCUT2D eigenvalue weighted by atomic mass is 19.1. The molecule has 7 heteroatoms. The second kappa shape index (κ2) is 12.4. The molecule has 0 bridgehead atoms. The van der Waals surface area contributed by atoms with Gasteiger partial charge in [0.2, 0.25) is 11.8 Å². The summed E-state index contributed by atoms with van der Waals surface area (Å²) < 4.78 is 18.6. The first-order valence-corrected chi connectivity index (χ1v) is 11.1. The average molecular weight is 454 g/mol. The van der Waals surface area contributed by atoms with Crippen molar-refractivity contribution < 1.29 is 18.7 Å². The first kappa shape index (κ1) is 25.6. The summed E-state index contributed by atoms with van der Waals surface area (Å²) in [7, 11) is 0. The fourth-order valence-electron chi connectivity index (χ4n) is 3.48. The Morgan fingerprint density at radius 3 is 2.30 bits per heavy atom. The normalized spacial score (nSPS) is 15.3. The molecule has 2 aromatic carbocycles. The number of carbonyl (C=O) groups excluding carboxylic acids is 2. The number of nitrogens with zero attached hydrogens (tertiary/aromatic N) is 1. The fraction of sp³-hybridized carbons (Fsp3) is 0.308. The van der Waals surface area contributed by atoms with Gasteiger partial charge in [0.05, 0.1) is 6.42 Å². The van der Waals surface area contributed by atoms with Gasteiger partial charge in [-0.05, 0) is 79.9 Å². The molecule has 0 spiro atoms. The summed E-state index contributed by atoms with van der Waals surface area (Å²) in [6.07, 6.45) is 3.18. The van der Waals surface area contributed by atoms with Crippen LogP contribution in [-0.4, -0.2) is 29.3 Å². The molecule has 0 aliphatic carbocycles. The molecular formula is C26H32FN3O3. The van der Waals surface area contributed by atoms with E-state index < -0.39 is 6.04 Å². The number of rotatable bonds is 7. The van der Waals surface area contributed by atoms with Crippen LogP contribution in [0.25, 0.3) is 0 Å². The molecule has 0 unspecified atom stereocenters. The van der Waals surface area contributed by atoms with Gasteiger partial charge in [-0.3, -0.25) is 9.59 Å². The molecule has 33 heavy (non-hydrogen) atoms. The summed E-state index contributed by atoms with van der Waals surface area (Å²) in [5, 5.41) is 2.86. The van der Waals surface area contributed by atoms with E-state index in [0.29, 0.717) is 41.4 Å². The van der Waals surface area contributed by atoms with Crippen molar-refractivity contribution in [1.29, 1.82) is 0 Å². The van der Waals surface area contributed by atoms with Crippen LogP contribution in [0, 0.1) is 5.82 Å². The zero-order valence-corrected chi connectivity index (χ0v) is 19.4. The number of halogens is 1. The minimum absolute atomic E-state index is 0.133. The first-order valence-electron chi connectivity index (χ1n) is 11.1. The van der Waals surface area contributed by atoms with Gasteiger partial charge in [0.1, 0.15) is 23.4 Å². The van der Waals surface area contributed by atoms with E-state index >= 15 is 0 Å². The molecule has 3 rings (SSSR count). The Hall–Kier alpha value is -3.61. The maximum atomic E-state index is 13.0. The average Bonchev–Trinajstić information content (AvgIpc) is 3.28. The molecule has 2 aromatic rings. The SMILES string of the molecule is C=C(/C=C(/C)N)CC(=O)N1CCC[C@H]1C(=O)Nc1ccc(Oc2ccc(F)cc2)cc1.CC. The second-order valence-corrected chi connectivity index (χ2v) is 7.54. The molecule has 176 valence electrons. The molecule has 0 radical (unpaired) electrons. The van der Waals surface area contributed by atoms with Gasteiger partial charge in [-0.25, -0.2) is 4.39 Å². The van der Waals surface area contributed by atoms with Crippen molar-refractivity contribution in [2.24, 2.45) is 5.73 Å². The number of carbonyl (C=O) groups is 2. The van der Waals surface area contributed by atoms with Gasteiger partial charge in [0, 0.05) is 17.9 Å². The molecule has 1 heterocycles. The number of amides is 2. The summed E-state index contributed by atoms with van der Waals surface area (Å²) >= 11 is 0. The lowest BCUT2D eigenvalue weighted by Gasteiger charge is -2.24. The largest absolute Gasteiger partial charge is 0.457 e. The lowest BCUT2D eigenvalue weighted by Crippen LogP contribution is -2.43. The summed E-state index contributed by atoms with van der Waals surface area (Å²) in [4.78, 5) is 27.0. The maximum absolute atomic E-state index is 13.0. The van der Waals surface area contributed by atoms with Crippen LogP contribution in [-0.2, 0) is 9.59 Å². The molecule has 6 nitrogen and oxygen atoms in total. The second-order valence-electron chi connectivity index (χ2n) is 7.54. The van der Waals surface area contributed by atoms with Crippen LogP contribution in [0.2, 0.25) is 0 Å². The molecule has 1 aliphatic rings. The number of nitrogens with one attached hydrogen (secondary N) is 1. The van der Waals surface area contributed by atoms with Crippen molar-refractivity contribution >= 4 is 17.5 Å². The van der Waals surface area contributed by atoms with Gasteiger partial charge in [0.15, 0.2) is 0 Å². The Labute approximate surface area is 194 Å². The number of allylic oxidation sites excluding steroid dienone is 2. The monoisotopic (exact) mass is 453 g/mol. The highest BCUT2D eigenvalue weighted by molar-refractivity contribution is 5.97. The highest BCUT2D eigenvalue weighted by Gasteiger charge is 2.33. The predicted octanol–water partition coefficient (Wildman–Crippen LogP) is 5.38. The fourth-order valence-corrected chi connectivity index (χ4v) is 3.48. The van der Waals surface area contributed by atoms with Crippen molar-refractivity contribution in [3.8, 4) is 11.5 Å². The van der Waals surface area contributed by atoms with Crippen LogP contribution in [0.3, 0.4) is 0 Å². The van der Waals surface area contributed by atoms with Crippen molar-refractivity contribution in [1.82, 2.24) is 4.90 Å². The molecule has 3 N–H and O–H groups in total. The van der Waals surface area contributed by atoms with Gasteiger partial charge in [-0.2, -0.15) is 0 Å². The van der Waals surface area contributed by atoms with E-state index in [4.69, 9.17) is 10.5 Å². The third-order valence-electron chi connectivity index (χ3n) is 4.86. The van der Waals surface area contributed by atoms with Crippen molar-refractivity contribution in [3.63, 3.8) is 0 Å². The van der Waals surface area contributed by atoms with Crippen LogP contribution in [0.1, 0.15) is 40.0 Å². The van der Waals surface area contributed by atoms with Crippen LogP contribution >= 0.6 is 0 Å². The quantitative estimate of drug-likeness (QED) is 0.551. The number of ether oxygens (including phenoxy) is 1. The summed E-state index contributed by atoms with van der Waals surface area (Å²) in [5.41, 5.74) is 7.43. The zero-order valence-electron chi connectivity index (χ0n) is 19.4. The molecular weight excluding hydrogens is 421 g/mol. The third-order valence-corrected chi connectivity index (χ3v) is 4.86. The number of likely N-dealkylation sites (tertiary alicyclic amines) is 1. The van der Waals surface area contributed by atoms with Gasteiger partial charge < -0.3 is 20.7 Å². The highest BCUT2D eigenvalue weighted by Crippen LogP contribution is 2.25. The number of hydrogen-bond donors (Lipinski definition) is 2. The molecule has 1 atom stereocenters. The number of nitrogens with two attached hydrogens (primary N) is 1. The Balaban J connectivity index is 0.00000187. The van der Waals surface area contributed by atoms with E-state index in [9.17, 15) is 14.0 Å². The molecule has 1 aliphatic heterocycles. The van der Waals surface area contributed by atoms with Gasteiger partial charge in [0.25, 0.3) is 0 Å². The summed E-state index contributed by atoms with van der Waals surface area (Å²) in [6, 6.07) is 12.1. The van der Waals surface area contributed by atoms with E-state index in [2.05, 4.69) is 11.9 Å². The van der Waals surface area contributed by atoms with Crippen molar-refractivity contribution in [2.45, 2.75) is 46.1 Å². The molecule has 0 aromatic heterocycles. The van der Waals surface area contributed by atoms with E-state index in [1.54, 1.807) is 42.2 Å². The summed E-state index contributed by atoms with van der Waals surface area (Å²) in [6.45, 7) is 10.1. The number of anilines is 1. The lowest BCUT2D eigenvalue weighted by molar-refractivity contribution is -0.136. The Kier molecular flexibility index (Phi) is 9.66. The van der Waals surface area contributed by atoms with E-state index in [0.717, 1.165) is 6.42 Å². The molecule has 0 saturated carbocycles. The van der Waals surface area contributed by atoms with Crippen molar-refractivity contribution in [2.75, 3.05) is 11.9 Å². The van der Waals surface area contributed by atoms with Gasteiger partial charge in [-0.15, -0.1) is 0 Å². The Morgan fingerprint density at radius 2 is 1.73 bits per heavy atom. The summed E-state index contributed by atoms with van der Waals surface area (Å²) in [5.74, 6) is 0.376. The van der Waals surface area contributed by atoms with Crippen LogP contribution < -0.4 is 15.8 Å². The Morgan fingerprint density at radius 1 is 1.15 bits per heavy atom. The minimum atomic E-state index is -0.515. The van der Waals surface area contributed by atoms with Gasteiger partial charge in [-0.1, -0.05) is 20.4 Å². The lowest BCUT2D eigenvalue weighted by atomic mass is 10.1. The van der Waals surface area contributed by atoms with Crippen LogP contribution in [0.15, 0.2) is 72.5 Å². The standard InChI is InChI=1S/C24H26FN3O3.C2H6/c1-16(14-17(2)26)15-23(29)28-13-3-4-22(28)24(30)27-19-7-11-21(12-8-19)31-20-9-5-18(25)6-10-20;1-2/h5-12,14,22H,1,3-4,13,15,26H2,2H3,(H,27,30);1-2H3/b17-14-;/t22-;/m0./s1. The van der Waals surface area contributed by atoms with E-state index in [-0.39, 0.29) is 24.1 Å². The first-order chi connectivity index (χ1) is 15.8. The van der Waals surface area contributed by atoms with E-state index in [1.165, 1.54) is 24.3 Å². The number of benzene rings is 2.